The summed E-state index contributed by atoms with van der Waals surface area (Å²) in [4.78, 5) is 12.4. The van der Waals surface area contributed by atoms with E-state index in [1.807, 2.05) is 39.0 Å². The fourth-order valence-corrected chi connectivity index (χ4v) is 2.71. The molecule has 2 aromatic carbocycles. The Kier molecular flexibility index (Phi) is 8.46. The maximum Gasteiger partial charge on any atom is 0.251 e. The normalized spacial score (nSPS) is 10.4. The minimum Gasteiger partial charge on any atom is -0.491 e. The molecule has 0 aliphatic rings. The number of carbonyl (C=O) groups excluding carboxylic acids is 1. The summed E-state index contributed by atoms with van der Waals surface area (Å²) in [6, 6.07) is 10.9. The third kappa shape index (κ3) is 6.08. The van der Waals surface area contributed by atoms with Gasteiger partial charge in [0.15, 0.2) is 11.5 Å². The Labute approximate surface area is 167 Å². The molecule has 0 aliphatic carbocycles. The van der Waals surface area contributed by atoms with Gasteiger partial charge in [0.05, 0.1) is 25.5 Å². The first-order valence-corrected chi connectivity index (χ1v) is 9.78. The summed E-state index contributed by atoms with van der Waals surface area (Å²) in [6.45, 7) is 8.16. The van der Waals surface area contributed by atoms with Crippen molar-refractivity contribution < 1.29 is 19.0 Å². The molecule has 28 heavy (non-hydrogen) atoms. The van der Waals surface area contributed by atoms with Gasteiger partial charge in [-0.25, -0.2) is 0 Å². The van der Waals surface area contributed by atoms with Crippen molar-refractivity contribution in [2.45, 2.75) is 33.6 Å². The predicted molar refractivity (Wildman–Crippen MR) is 111 cm³/mol. The van der Waals surface area contributed by atoms with Crippen molar-refractivity contribution in [1.29, 1.82) is 0 Å². The number of nitrogen functional groups attached to an aromatic ring is 1. The Morgan fingerprint density at radius 3 is 2.32 bits per heavy atom. The molecular formula is C22H30N2O4. The van der Waals surface area contributed by atoms with E-state index in [4.69, 9.17) is 19.9 Å². The highest BCUT2D eigenvalue weighted by Crippen LogP contribution is 2.28. The van der Waals surface area contributed by atoms with Crippen LogP contribution in [0, 0.1) is 0 Å². The smallest absolute Gasteiger partial charge is 0.251 e. The Morgan fingerprint density at radius 2 is 1.64 bits per heavy atom. The van der Waals surface area contributed by atoms with E-state index in [2.05, 4.69) is 5.32 Å². The lowest BCUT2D eigenvalue weighted by Gasteiger charge is -2.13. The second-order valence-corrected chi connectivity index (χ2v) is 6.25. The van der Waals surface area contributed by atoms with Crippen molar-refractivity contribution in [2.75, 3.05) is 32.1 Å². The zero-order valence-corrected chi connectivity index (χ0v) is 16.9. The van der Waals surface area contributed by atoms with E-state index in [0.717, 1.165) is 23.5 Å². The topological polar surface area (TPSA) is 82.8 Å². The van der Waals surface area contributed by atoms with E-state index in [0.29, 0.717) is 49.8 Å². The maximum atomic E-state index is 12.4. The largest absolute Gasteiger partial charge is 0.491 e. The van der Waals surface area contributed by atoms with Gasteiger partial charge < -0.3 is 25.3 Å². The van der Waals surface area contributed by atoms with Crippen LogP contribution in [0.1, 0.15) is 43.1 Å². The van der Waals surface area contributed by atoms with Gasteiger partial charge in [-0.2, -0.15) is 0 Å². The van der Waals surface area contributed by atoms with Crippen LogP contribution in [-0.2, 0) is 6.42 Å². The van der Waals surface area contributed by atoms with Crippen LogP contribution in [0.3, 0.4) is 0 Å². The minimum absolute atomic E-state index is 0.162. The van der Waals surface area contributed by atoms with Gasteiger partial charge in [-0.1, -0.05) is 13.0 Å². The molecule has 6 nitrogen and oxygen atoms in total. The van der Waals surface area contributed by atoms with Crippen molar-refractivity contribution >= 4 is 11.6 Å². The zero-order chi connectivity index (χ0) is 20.4. The van der Waals surface area contributed by atoms with Gasteiger partial charge in [-0.15, -0.1) is 0 Å². The summed E-state index contributed by atoms with van der Waals surface area (Å²) < 4.78 is 16.8. The Balaban J connectivity index is 1.93. The van der Waals surface area contributed by atoms with Crippen LogP contribution in [0.15, 0.2) is 36.4 Å². The van der Waals surface area contributed by atoms with E-state index >= 15 is 0 Å². The first-order valence-electron chi connectivity index (χ1n) is 9.78. The number of hydrogen-bond donors (Lipinski definition) is 2. The third-order valence-corrected chi connectivity index (χ3v) is 4.04. The lowest BCUT2D eigenvalue weighted by Crippen LogP contribution is -2.25. The number of rotatable bonds is 11. The highest BCUT2D eigenvalue weighted by Gasteiger charge is 2.10. The fraction of sp³-hybridized carbons (Fsp3) is 0.409. The lowest BCUT2D eigenvalue weighted by atomic mass is 10.1. The van der Waals surface area contributed by atoms with E-state index in [1.165, 1.54) is 0 Å². The van der Waals surface area contributed by atoms with Crippen molar-refractivity contribution in [3.05, 3.63) is 47.5 Å². The number of ether oxygens (including phenoxy) is 3. The molecule has 0 aliphatic heterocycles. The second-order valence-electron chi connectivity index (χ2n) is 6.25. The summed E-state index contributed by atoms with van der Waals surface area (Å²) in [7, 11) is 0. The number of amides is 1. The molecule has 2 aromatic rings. The van der Waals surface area contributed by atoms with E-state index in [1.54, 1.807) is 18.2 Å². The van der Waals surface area contributed by atoms with Gasteiger partial charge in [-0.05, 0) is 62.6 Å². The second kappa shape index (κ2) is 11.1. The average Bonchev–Trinajstić information content (AvgIpc) is 2.69. The van der Waals surface area contributed by atoms with Gasteiger partial charge >= 0.3 is 0 Å². The summed E-state index contributed by atoms with van der Waals surface area (Å²) in [5, 5.41) is 2.92. The third-order valence-electron chi connectivity index (χ3n) is 4.04. The number of carbonyl (C=O) groups is 1. The molecule has 0 radical (unpaired) electrons. The molecule has 1 amide bonds. The van der Waals surface area contributed by atoms with Gasteiger partial charge in [0, 0.05) is 12.1 Å². The molecular weight excluding hydrogens is 356 g/mol. The molecule has 0 saturated heterocycles. The minimum atomic E-state index is -0.162. The Hall–Kier alpha value is -2.89. The molecule has 0 heterocycles. The maximum absolute atomic E-state index is 12.4. The van der Waals surface area contributed by atoms with Crippen LogP contribution >= 0.6 is 0 Å². The molecule has 2 rings (SSSR count). The lowest BCUT2D eigenvalue weighted by molar-refractivity contribution is 0.0954. The number of nitrogens with one attached hydrogen (secondary N) is 1. The molecule has 0 saturated carbocycles. The van der Waals surface area contributed by atoms with Crippen molar-refractivity contribution in [2.24, 2.45) is 0 Å². The summed E-state index contributed by atoms with van der Waals surface area (Å²) >= 11 is 0. The van der Waals surface area contributed by atoms with Crippen molar-refractivity contribution in [3.8, 4) is 17.2 Å². The highest BCUT2D eigenvalue weighted by atomic mass is 16.5. The highest BCUT2D eigenvalue weighted by molar-refractivity contribution is 5.95. The SMILES string of the molecule is CCCOc1ccc(C(=O)NCCc2ccc(OCC)c(OCC)c2)cc1N. The molecule has 0 spiro atoms. The molecule has 0 atom stereocenters. The monoisotopic (exact) mass is 386 g/mol. The van der Waals surface area contributed by atoms with Crippen LogP contribution in [0.25, 0.3) is 0 Å². The van der Waals surface area contributed by atoms with E-state index in [9.17, 15) is 4.79 Å². The standard InChI is InChI=1S/C22H30N2O4/c1-4-13-28-19-10-8-17(15-18(19)23)22(25)24-12-11-16-7-9-20(26-5-2)21(14-16)27-6-3/h7-10,14-15H,4-6,11-13,23H2,1-3H3,(H,24,25). The van der Waals surface area contributed by atoms with Crippen molar-refractivity contribution in [3.63, 3.8) is 0 Å². The quantitative estimate of drug-likeness (QED) is 0.574. The number of benzene rings is 2. The Morgan fingerprint density at radius 1 is 0.929 bits per heavy atom. The molecule has 0 unspecified atom stereocenters. The van der Waals surface area contributed by atoms with Gasteiger partial charge in [0.2, 0.25) is 0 Å². The molecule has 0 aromatic heterocycles. The molecule has 6 heteroatoms. The van der Waals surface area contributed by atoms with Gasteiger partial charge in [0.25, 0.3) is 5.91 Å². The zero-order valence-electron chi connectivity index (χ0n) is 16.9. The molecule has 0 bridgehead atoms. The van der Waals surface area contributed by atoms with E-state index < -0.39 is 0 Å². The number of nitrogens with two attached hydrogens (primary N) is 1. The van der Waals surface area contributed by atoms with E-state index in [-0.39, 0.29) is 5.91 Å². The average molecular weight is 386 g/mol. The van der Waals surface area contributed by atoms with Crippen LogP contribution < -0.4 is 25.3 Å². The van der Waals surface area contributed by atoms with Gasteiger partial charge in [-0.3, -0.25) is 4.79 Å². The molecule has 3 N–H and O–H groups in total. The van der Waals surface area contributed by atoms with Crippen molar-refractivity contribution in [1.82, 2.24) is 5.32 Å². The van der Waals surface area contributed by atoms with Crippen LogP contribution in [0.2, 0.25) is 0 Å². The van der Waals surface area contributed by atoms with Gasteiger partial charge in [0.1, 0.15) is 5.75 Å². The predicted octanol–water partition coefficient (Wildman–Crippen LogP) is 3.83. The summed E-state index contributed by atoms with van der Waals surface area (Å²) in [5.74, 6) is 1.91. The van der Waals surface area contributed by atoms with Crippen LogP contribution in [0.5, 0.6) is 17.2 Å². The summed E-state index contributed by atoms with van der Waals surface area (Å²) in [5.41, 5.74) is 8.02. The Bertz CT molecular complexity index is 777. The molecule has 0 fully saturated rings. The fourth-order valence-electron chi connectivity index (χ4n) is 2.71. The number of hydrogen-bond acceptors (Lipinski definition) is 5. The van der Waals surface area contributed by atoms with Crippen LogP contribution in [0.4, 0.5) is 5.69 Å². The first-order chi connectivity index (χ1) is 13.6. The molecule has 152 valence electrons. The first kappa shape index (κ1) is 21.4. The number of anilines is 1. The van der Waals surface area contributed by atoms with Crippen LogP contribution in [-0.4, -0.2) is 32.3 Å². The summed E-state index contributed by atoms with van der Waals surface area (Å²) in [6.07, 6.45) is 1.59.